The van der Waals surface area contributed by atoms with Crippen LogP contribution in [0, 0.1) is 0 Å². The van der Waals surface area contributed by atoms with Crippen molar-refractivity contribution in [2.75, 3.05) is 6.61 Å². The van der Waals surface area contributed by atoms with E-state index < -0.39 is 23.9 Å². The molecule has 0 aliphatic heterocycles. The van der Waals surface area contributed by atoms with Gasteiger partial charge in [-0.05, 0) is 30.3 Å². The molecule has 1 atom stereocenters. The second-order valence-corrected chi connectivity index (χ2v) is 7.13. The lowest BCUT2D eigenvalue weighted by Crippen LogP contribution is -2.43. The van der Waals surface area contributed by atoms with Crippen molar-refractivity contribution in [1.82, 2.24) is 15.6 Å². The van der Waals surface area contributed by atoms with Gasteiger partial charge in [0.15, 0.2) is 6.61 Å². The number of nitrogens with one attached hydrogen (secondary N) is 2. The third kappa shape index (κ3) is 6.76. The molecule has 0 spiro atoms. The van der Waals surface area contributed by atoms with E-state index in [-0.39, 0.29) is 18.3 Å². The van der Waals surface area contributed by atoms with E-state index in [9.17, 15) is 22.8 Å². The molecule has 12 heteroatoms. The van der Waals surface area contributed by atoms with Gasteiger partial charge in [0.1, 0.15) is 17.2 Å². The summed E-state index contributed by atoms with van der Waals surface area (Å²) in [5, 5.41) is 5.93. The Morgan fingerprint density at radius 1 is 1.13 bits per heavy atom. The molecule has 3 rings (SSSR count). The molecule has 1 aromatic carbocycles. The number of hydrogen-bond donors (Lipinski definition) is 2. The number of rotatable bonds is 7. The third-order valence-corrected chi connectivity index (χ3v) is 4.66. The number of ether oxygens (including phenoxy) is 2. The molecule has 0 bridgehead atoms. The molecule has 1 heterocycles. The van der Waals surface area contributed by atoms with Crippen molar-refractivity contribution >= 4 is 35.0 Å². The van der Waals surface area contributed by atoms with Gasteiger partial charge >= 0.3 is 6.36 Å². The fourth-order valence-corrected chi connectivity index (χ4v) is 2.80. The number of carbonyl (C=O) groups excluding carboxylic acids is 2. The van der Waals surface area contributed by atoms with Gasteiger partial charge in [0.2, 0.25) is 0 Å². The number of amides is 2. The number of pyridine rings is 1. The molecule has 2 amide bonds. The summed E-state index contributed by atoms with van der Waals surface area (Å²) in [6.07, 6.45) is -2.05. The zero-order valence-corrected chi connectivity index (χ0v) is 17.0. The van der Waals surface area contributed by atoms with E-state index in [4.69, 9.17) is 27.9 Å². The summed E-state index contributed by atoms with van der Waals surface area (Å²) in [5.74, 6) is -1.12. The first kappa shape index (κ1) is 22.7. The third-order valence-electron chi connectivity index (χ3n) is 3.92. The molecule has 31 heavy (non-hydrogen) atoms. The van der Waals surface area contributed by atoms with Crippen LogP contribution in [0.1, 0.15) is 16.9 Å². The number of carbonyl (C=O) groups is 2. The minimum absolute atomic E-state index is 0.0737. The maximum absolute atomic E-state index is 12.1. The second kappa shape index (κ2) is 9.44. The van der Waals surface area contributed by atoms with Gasteiger partial charge in [-0.1, -0.05) is 23.2 Å². The van der Waals surface area contributed by atoms with Gasteiger partial charge in [-0.15, -0.1) is 13.2 Å². The highest BCUT2D eigenvalue weighted by molar-refractivity contribution is 6.42. The zero-order valence-electron chi connectivity index (χ0n) is 15.5. The number of halogens is 5. The Kier molecular flexibility index (Phi) is 6.91. The lowest BCUT2D eigenvalue weighted by molar-refractivity contribution is -0.274. The summed E-state index contributed by atoms with van der Waals surface area (Å²) >= 11 is 11.7. The van der Waals surface area contributed by atoms with E-state index >= 15 is 0 Å². The maximum Gasteiger partial charge on any atom is 0.573 e. The van der Waals surface area contributed by atoms with Crippen LogP contribution in [-0.4, -0.2) is 35.8 Å². The summed E-state index contributed by atoms with van der Waals surface area (Å²) in [4.78, 5) is 27.7. The molecule has 7 nitrogen and oxygen atoms in total. The van der Waals surface area contributed by atoms with E-state index in [1.807, 2.05) is 0 Å². The van der Waals surface area contributed by atoms with Gasteiger partial charge < -0.3 is 20.1 Å². The average Bonchev–Trinajstić information content (AvgIpc) is 2.66. The van der Waals surface area contributed by atoms with Crippen LogP contribution in [0.2, 0.25) is 10.0 Å². The lowest BCUT2D eigenvalue weighted by atomic mass is 9.99. The van der Waals surface area contributed by atoms with Crippen LogP contribution in [0.3, 0.4) is 0 Å². The molecular formula is C19H14Cl2F3N3O4. The predicted octanol–water partition coefficient (Wildman–Crippen LogP) is 3.87. The van der Waals surface area contributed by atoms with Crippen LogP contribution in [0.25, 0.3) is 0 Å². The Morgan fingerprint density at radius 2 is 1.84 bits per heavy atom. The van der Waals surface area contributed by atoms with Crippen molar-refractivity contribution in [3.05, 3.63) is 64.0 Å². The largest absolute Gasteiger partial charge is 0.573 e. The highest BCUT2D eigenvalue weighted by Gasteiger charge is 2.31. The molecule has 2 N–H and O–H groups in total. The maximum atomic E-state index is 12.1. The topological polar surface area (TPSA) is 89.6 Å². The van der Waals surface area contributed by atoms with E-state index in [0.717, 1.165) is 18.3 Å². The number of alkyl halides is 3. The Balaban J connectivity index is 1.42. The minimum atomic E-state index is -4.84. The van der Waals surface area contributed by atoms with E-state index in [0.29, 0.717) is 27.9 Å². The Morgan fingerprint density at radius 3 is 2.45 bits per heavy atom. The van der Waals surface area contributed by atoms with Gasteiger partial charge in [-0.25, -0.2) is 4.98 Å². The summed E-state index contributed by atoms with van der Waals surface area (Å²) in [5.41, 5.74) is 0.519. The molecule has 0 fully saturated rings. The molecule has 0 saturated heterocycles. The molecular weight excluding hydrogens is 462 g/mol. The fourth-order valence-electron chi connectivity index (χ4n) is 2.51. The highest BCUT2D eigenvalue weighted by atomic mass is 35.5. The summed E-state index contributed by atoms with van der Waals surface area (Å²) in [7, 11) is 0. The zero-order chi connectivity index (χ0) is 22.6. The van der Waals surface area contributed by atoms with Crippen molar-refractivity contribution in [2.45, 2.75) is 18.8 Å². The molecule has 164 valence electrons. The minimum Gasteiger partial charge on any atom is -0.484 e. The second-order valence-electron chi connectivity index (χ2n) is 6.32. The number of benzene rings is 1. The predicted molar refractivity (Wildman–Crippen MR) is 105 cm³/mol. The van der Waals surface area contributed by atoms with E-state index in [1.165, 1.54) is 6.07 Å². The first-order chi connectivity index (χ1) is 14.6. The molecule has 1 aromatic heterocycles. The van der Waals surface area contributed by atoms with Crippen LogP contribution >= 0.6 is 23.2 Å². The van der Waals surface area contributed by atoms with Gasteiger partial charge in [-0.3, -0.25) is 9.59 Å². The van der Waals surface area contributed by atoms with Crippen LogP contribution in [-0.2, 0) is 4.79 Å². The lowest BCUT2D eigenvalue weighted by Gasteiger charge is -2.26. The Bertz CT molecular complexity index is 1010. The average molecular weight is 476 g/mol. The highest BCUT2D eigenvalue weighted by Crippen LogP contribution is 2.26. The van der Waals surface area contributed by atoms with Gasteiger partial charge in [0.25, 0.3) is 11.8 Å². The molecule has 1 aliphatic carbocycles. The SMILES string of the molecule is O=C(COc1ccc(Cl)c(Cl)c1)NC1=CC(NC(=O)c2ccc(OC(F)(F)F)cn2)C1. The molecule has 0 saturated carbocycles. The molecule has 1 aliphatic rings. The monoisotopic (exact) mass is 475 g/mol. The molecule has 2 aromatic rings. The Labute approximate surface area is 184 Å². The van der Waals surface area contributed by atoms with E-state index in [1.54, 1.807) is 18.2 Å². The number of aromatic nitrogens is 1. The summed E-state index contributed by atoms with van der Waals surface area (Å²) in [6, 6.07) is 6.36. The van der Waals surface area contributed by atoms with Crippen molar-refractivity contribution < 1.29 is 32.2 Å². The van der Waals surface area contributed by atoms with Crippen LogP contribution in [0.5, 0.6) is 11.5 Å². The van der Waals surface area contributed by atoms with Crippen LogP contribution in [0.15, 0.2) is 48.3 Å². The molecule has 1 unspecified atom stereocenters. The first-order valence-electron chi connectivity index (χ1n) is 8.70. The quantitative estimate of drug-likeness (QED) is 0.634. The Hall–Kier alpha value is -2.98. The van der Waals surface area contributed by atoms with Crippen molar-refractivity contribution in [1.29, 1.82) is 0 Å². The molecule has 0 radical (unpaired) electrons. The van der Waals surface area contributed by atoms with Gasteiger partial charge in [0, 0.05) is 18.2 Å². The number of hydrogen-bond acceptors (Lipinski definition) is 5. The van der Waals surface area contributed by atoms with Crippen molar-refractivity contribution in [2.24, 2.45) is 0 Å². The summed E-state index contributed by atoms with van der Waals surface area (Å²) < 4.78 is 45.4. The van der Waals surface area contributed by atoms with Crippen LogP contribution < -0.4 is 20.1 Å². The van der Waals surface area contributed by atoms with Gasteiger partial charge in [0.05, 0.1) is 22.3 Å². The van der Waals surface area contributed by atoms with Crippen molar-refractivity contribution in [3.8, 4) is 11.5 Å². The normalized spacial score (nSPS) is 15.4. The van der Waals surface area contributed by atoms with Gasteiger partial charge in [-0.2, -0.15) is 0 Å². The standard InChI is InChI=1S/C19H14Cl2F3N3O4/c20-14-3-1-12(7-15(14)21)30-9-17(28)26-10-5-11(6-10)27-18(29)16-4-2-13(8-25-16)31-19(22,23)24/h1-5,7-8,11H,6,9H2,(H,26,28)(H,27,29). The first-order valence-corrected chi connectivity index (χ1v) is 9.46. The fraction of sp³-hybridized carbons (Fsp3) is 0.211. The van der Waals surface area contributed by atoms with Crippen LogP contribution in [0.4, 0.5) is 13.2 Å². The number of nitrogens with zero attached hydrogens (tertiary/aromatic N) is 1. The smallest absolute Gasteiger partial charge is 0.484 e. The van der Waals surface area contributed by atoms with E-state index in [2.05, 4.69) is 20.4 Å². The summed E-state index contributed by atoms with van der Waals surface area (Å²) in [6.45, 7) is -0.247. The van der Waals surface area contributed by atoms with Crippen molar-refractivity contribution in [3.63, 3.8) is 0 Å².